The van der Waals surface area contributed by atoms with Gasteiger partial charge in [-0.2, -0.15) is 0 Å². The highest BCUT2D eigenvalue weighted by atomic mass is 79.9. The molecule has 0 saturated carbocycles. The molecule has 2 saturated heterocycles. The smallest absolute Gasteiger partial charge is 0.255 e. The average molecular weight is 458 g/mol. The van der Waals surface area contributed by atoms with Gasteiger partial charge in [-0.3, -0.25) is 4.79 Å². The summed E-state index contributed by atoms with van der Waals surface area (Å²) < 4.78 is 6.69. The number of amides is 1. The van der Waals surface area contributed by atoms with Crippen LogP contribution in [0.2, 0.25) is 0 Å². The van der Waals surface area contributed by atoms with Gasteiger partial charge < -0.3 is 15.0 Å². The van der Waals surface area contributed by atoms with Gasteiger partial charge in [0.15, 0.2) is 0 Å². The van der Waals surface area contributed by atoms with Crippen molar-refractivity contribution in [3.05, 3.63) is 58.2 Å². The van der Waals surface area contributed by atoms with E-state index >= 15 is 0 Å². The fourth-order valence-electron chi connectivity index (χ4n) is 4.41. The number of carbonyl (C=O) groups is 1. The number of hydrogen-bond acceptors (Lipinski definition) is 4. The lowest BCUT2D eigenvalue weighted by Gasteiger charge is -2.38. The second kappa shape index (κ2) is 9.26. The van der Waals surface area contributed by atoms with Gasteiger partial charge in [-0.05, 0) is 61.9 Å². The number of nitrogens with zero attached hydrogens (tertiary/aromatic N) is 2. The summed E-state index contributed by atoms with van der Waals surface area (Å²) in [5, 5.41) is 3.23. The van der Waals surface area contributed by atoms with Gasteiger partial charge in [0.05, 0.1) is 5.56 Å². The van der Waals surface area contributed by atoms with E-state index in [0.29, 0.717) is 12.1 Å². The Labute approximate surface area is 181 Å². The van der Waals surface area contributed by atoms with E-state index in [0.717, 1.165) is 62.3 Å². The minimum Gasteiger partial charge on any atom is -0.381 e. The van der Waals surface area contributed by atoms with Crippen molar-refractivity contribution in [3.8, 4) is 0 Å². The number of carbonyl (C=O) groups excluding carboxylic acids is 1. The van der Waals surface area contributed by atoms with Crippen LogP contribution in [0.25, 0.3) is 0 Å². The third kappa shape index (κ3) is 4.64. The minimum atomic E-state index is -0.0951. The molecule has 2 aliphatic rings. The lowest BCUT2D eigenvalue weighted by atomic mass is 9.74. The Morgan fingerprint density at radius 2 is 1.83 bits per heavy atom. The van der Waals surface area contributed by atoms with Crippen molar-refractivity contribution in [2.24, 2.45) is 0 Å². The molecule has 0 spiro atoms. The Kier molecular flexibility index (Phi) is 6.50. The summed E-state index contributed by atoms with van der Waals surface area (Å²) in [6.45, 7) is 3.98. The molecule has 2 aromatic rings. The highest BCUT2D eigenvalue weighted by molar-refractivity contribution is 9.10. The number of hydrogen-bond donors (Lipinski definition) is 1. The summed E-state index contributed by atoms with van der Waals surface area (Å²) in [5.41, 5.74) is 1.83. The number of aromatic nitrogens is 1. The first-order valence-electron chi connectivity index (χ1n) is 10.5. The summed E-state index contributed by atoms with van der Waals surface area (Å²) in [7, 11) is 0. The summed E-state index contributed by atoms with van der Waals surface area (Å²) in [5.74, 6) is 0.774. The average Bonchev–Trinajstić information content (AvgIpc) is 2.79. The number of benzene rings is 1. The van der Waals surface area contributed by atoms with Gasteiger partial charge in [-0.15, -0.1) is 0 Å². The van der Waals surface area contributed by atoms with Gasteiger partial charge in [-0.25, -0.2) is 4.98 Å². The third-order valence-electron chi connectivity index (χ3n) is 6.18. The summed E-state index contributed by atoms with van der Waals surface area (Å²) >= 11 is 3.52. The first-order valence-corrected chi connectivity index (χ1v) is 11.3. The lowest BCUT2D eigenvalue weighted by molar-refractivity contribution is 0.0487. The van der Waals surface area contributed by atoms with Crippen LogP contribution in [-0.4, -0.2) is 43.7 Å². The molecule has 1 aromatic carbocycles. The maximum absolute atomic E-state index is 13.2. The first kappa shape index (κ1) is 20.4. The highest BCUT2D eigenvalue weighted by Crippen LogP contribution is 2.35. The van der Waals surface area contributed by atoms with E-state index in [4.69, 9.17) is 4.74 Å². The second-order valence-corrected chi connectivity index (χ2v) is 8.92. The van der Waals surface area contributed by atoms with Crippen LogP contribution in [0.4, 0.5) is 5.82 Å². The number of rotatable bonds is 5. The summed E-state index contributed by atoms with van der Waals surface area (Å²) in [6.07, 6.45) is 7.15. The Morgan fingerprint density at radius 1 is 1.10 bits per heavy atom. The van der Waals surface area contributed by atoms with Crippen molar-refractivity contribution in [2.75, 3.05) is 37.7 Å². The van der Waals surface area contributed by atoms with Gasteiger partial charge in [0.2, 0.25) is 0 Å². The number of anilines is 1. The van der Waals surface area contributed by atoms with Gasteiger partial charge in [-0.1, -0.05) is 28.1 Å². The van der Waals surface area contributed by atoms with Crippen molar-refractivity contribution in [2.45, 2.75) is 37.5 Å². The molecule has 2 fully saturated rings. The van der Waals surface area contributed by atoms with E-state index in [1.807, 2.05) is 12.1 Å². The van der Waals surface area contributed by atoms with Crippen molar-refractivity contribution in [1.29, 1.82) is 0 Å². The molecule has 1 N–H and O–H groups in total. The largest absolute Gasteiger partial charge is 0.381 e. The van der Waals surface area contributed by atoms with Gasteiger partial charge in [0, 0.05) is 48.9 Å². The molecule has 154 valence electrons. The fourth-order valence-corrected chi connectivity index (χ4v) is 4.67. The summed E-state index contributed by atoms with van der Waals surface area (Å²) in [4.78, 5) is 20.0. The minimum absolute atomic E-state index is 0.0401. The third-order valence-corrected chi connectivity index (χ3v) is 6.71. The van der Waals surface area contributed by atoms with E-state index in [1.165, 1.54) is 12.0 Å². The van der Waals surface area contributed by atoms with Gasteiger partial charge in [0.25, 0.3) is 5.91 Å². The van der Waals surface area contributed by atoms with Crippen LogP contribution in [0.5, 0.6) is 0 Å². The molecule has 1 amide bonds. The fraction of sp³-hybridized carbons (Fsp3) is 0.478. The van der Waals surface area contributed by atoms with E-state index in [1.54, 1.807) is 6.20 Å². The molecule has 0 atom stereocenters. The predicted molar refractivity (Wildman–Crippen MR) is 119 cm³/mol. The van der Waals surface area contributed by atoms with Crippen molar-refractivity contribution < 1.29 is 9.53 Å². The monoisotopic (exact) mass is 457 g/mol. The van der Waals surface area contributed by atoms with Crippen LogP contribution in [0.15, 0.2) is 47.1 Å². The van der Waals surface area contributed by atoms with E-state index in [-0.39, 0.29) is 11.3 Å². The first-order chi connectivity index (χ1) is 14.2. The molecular weight excluding hydrogens is 430 g/mol. The van der Waals surface area contributed by atoms with Crippen LogP contribution in [-0.2, 0) is 10.2 Å². The Morgan fingerprint density at radius 3 is 2.55 bits per heavy atom. The molecule has 0 radical (unpaired) electrons. The lowest BCUT2D eigenvalue weighted by Crippen LogP contribution is -2.45. The topological polar surface area (TPSA) is 54.5 Å². The quantitative estimate of drug-likeness (QED) is 0.726. The Hall–Kier alpha value is -1.92. The molecule has 0 bridgehead atoms. The van der Waals surface area contributed by atoms with Crippen LogP contribution in [0, 0.1) is 0 Å². The molecular formula is C23H28BrN3O2. The van der Waals surface area contributed by atoms with Crippen molar-refractivity contribution in [1.82, 2.24) is 10.3 Å². The predicted octanol–water partition coefficient (Wildman–Crippen LogP) is 4.31. The van der Waals surface area contributed by atoms with E-state index in [2.05, 4.69) is 55.4 Å². The molecule has 1 aromatic heterocycles. The van der Waals surface area contributed by atoms with Crippen LogP contribution < -0.4 is 10.2 Å². The number of ether oxygens (including phenoxy) is 1. The maximum atomic E-state index is 13.2. The molecule has 0 aliphatic carbocycles. The Bertz CT molecular complexity index is 828. The van der Waals surface area contributed by atoms with E-state index < -0.39 is 0 Å². The molecule has 2 aliphatic heterocycles. The molecule has 6 heteroatoms. The van der Waals surface area contributed by atoms with Crippen LogP contribution >= 0.6 is 15.9 Å². The van der Waals surface area contributed by atoms with E-state index in [9.17, 15) is 4.79 Å². The molecule has 4 rings (SSSR count). The molecule has 5 nitrogen and oxygen atoms in total. The van der Waals surface area contributed by atoms with Crippen LogP contribution in [0.3, 0.4) is 0 Å². The number of piperidine rings is 1. The van der Waals surface area contributed by atoms with Crippen molar-refractivity contribution >= 4 is 27.7 Å². The SMILES string of the molecule is O=C(NCC1(c2ccc(Br)cc2)CCOCC1)c1cccnc1N1CCCCC1. The standard InChI is InChI=1S/C23H28BrN3O2/c24-19-8-6-18(7-9-19)23(10-15-29-16-11-23)17-26-22(28)20-5-4-12-25-21(20)27-13-2-1-3-14-27/h4-9,12H,1-3,10-11,13-17H2,(H,26,28). The molecule has 0 unspecified atom stereocenters. The van der Waals surface area contributed by atoms with Crippen molar-refractivity contribution in [3.63, 3.8) is 0 Å². The number of pyridine rings is 1. The number of nitrogens with one attached hydrogen (secondary N) is 1. The zero-order chi connectivity index (χ0) is 20.1. The molecule has 29 heavy (non-hydrogen) atoms. The molecule has 3 heterocycles. The number of halogens is 1. The highest BCUT2D eigenvalue weighted by Gasteiger charge is 2.35. The van der Waals surface area contributed by atoms with Crippen LogP contribution in [0.1, 0.15) is 48.0 Å². The van der Waals surface area contributed by atoms with Gasteiger partial charge >= 0.3 is 0 Å². The zero-order valence-electron chi connectivity index (χ0n) is 16.7. The zero-order valence-corrected chi connectivity index (χ0v) is 18.3. The maximum Gasteiger partial charge on any atom is 0.255 e. The Balaban J connectivity index is 1.52. The summed E-state index contributed by atoms with van der Waals surface area (Å²) in [6, 6.07) is 12.2. The normalized spacial score (nSPS) is 19.0. The second-order valence-electron chi connectivity index (χ2n) is 8.00. The van der Waals surface area contributed by atoms with Gasteiger partial charge in [0.1, 0.15) is 5.82 Å².